The second-order valence-electron chi connectivity index (χ2n) is 3.49. The Balaban J connectivity index is 2.14. The predicted octanol–water partition coefficient (Wildman–Crippen LogP) is -0.589. The highest BCUT2D eigenvalue weighted by molar-refractivity contribution is 7.89. The first-order valence-corrected chi connectivity index (χ1v) is 7.18. The maximum absolute atomic E-state index is 10.8. The van der Waals surface area contributed by atoms with E-state index in [2.05, 4.69) is 25.3 Å². The molecule has 0 aromatic carbocycles. The quantitative estimate of drug-likeness (QED) is 0.755. The van der Waals surface area contributed by atoms with E-state index in [-0.39, 0.29) is 29.5 Å². The number of primary sulfonamides is 1. The molecule has 0 aliphatic heterocycles. The Morgan fingerprint density at radius 3 is 2.79 bits per heavy atom. The molecule has 0 fully saturated rings. The first-order valence-electron chi connectivity index (χ1n) is 5.08. The van der Waals surface area contributed by atoms with E-state index < -0.39 is 10.0 Å². The van der Waals surface area contributed by atoms with Crippen LogP contribution in [0, 0.1) is 0 Å². The Morgan fingerprint density at radius 2 is 2.16 bits per heavy atom. The summed E-state index contributed by atoms with van der Waals surface area (Å²) in [6.07, 6.45) is 4.70. The average molecular weight is 304 g/mol. The van der Waals surface area contributed by atoms with Crippen LogP contribution in [0.5, 0.6) is 0 Å². The second kappa shape index (κ2) is 5.47. The summed E-state index contributed by atoms with van der Waals surface area (Å²) in [7, 11) is -3.54. The summed E-state index contributed by atoms with van der Waals surface area (Å²) in [5.41, 5.74) is 0. The Morgan fingerprint density at radius 1 is 1.37 bits per heavy atom. The van der Waals surface area contributed by atoms with Crippen molar-refractivity contribution in [2.45, 2.75) is 0 Å². The highest BCUT2D eigenvalue weighted by Gasteiger charge is 2.07. The smallest absolute Gasteiger partial charge is 0.241 e. The van der Waals surface area contributed by atoms with E-state index in [9.17, 15) is 8.42 Å². The normalized spacial score (nSPS) is 11.5. The van der Waals surface area contributed by atoms with Crippen molar-refractivity contribution in [2.75, 3.05) is 17.6 Å². The van der Waals surface area contributed by atoms with E-state index in [1.54, 1.807) is 17.0 Å². The molecule has 0 radical (unpaired) electrons. The van der Waals surface area contributed by atoms with Crippen LogP contribution in [0.2, 0.25) is 5.28 Å². The summed E-state index contributed by atoms with van der Waals surface area (Å²) >= 11 is 5.76. The largest absolute Gasteiger partial charge is 0.353 e. The first kappa shape index (κ1) is 13.6. The van der Waals surface area contributed by atoms with Gasteiger partial charge in [-0.25, -0.2) is 18.5 Å². The monoisotopic (exact) mass is 303 g/mol. The van der Waals surface area contributed by atoms with Gasteiger partial charge in [0.05, 0.1) is 5.75 Å². The molecule has 11 heteroatoms. The molecule has 9 nitrogen and oxygen atoms in total. The Hall–Kier alpha value is -1.78. The number of rotatable bonds is 5. The van der Waals surface area contributed by atoms with Crippen molar-refractivity contribution in [3.8, 4) is 5.95 Å². The van der Waals surface area contributed by atoms with Crippen molar-refractivity contribution < 1.29 is 8.42 Å². The van der Waals surface area contributed by atoms with E-state index >= 15 is 0 Å². The molecule has 2 rings (SSSR count). The molecule has 0 bridgehead atoms. The topological polar surface area (TPSA) is 129 Å². The number of sulfonamides is 1. The Bertz CT molecular complexity index is 658. The summed E-state index contributed by atoms with van der Waals surface area (Å²) in [5, 5.41) is 7.57. The lowest BCUT2D eigenvalue weighted by molar-refractivity contribution is 0.598. The summed E-state index contributed by atoms with van der Waals surface area (Å²) in [6.45, 7) is 0.0720. The zero-order chi connectivity index (χ0) is 13.9. The summed E-state index contributed by atoms with van der Waals surface area (Å²) in [4.78, 5) is 15.7. The van der Waals surface area contributed by atoms with Gasteiger partial charge in [0.2, 0.25) is 27.2 Å². The van der Waals surface area contributed by atoms with Crippen molar-refractivity contribution in [1.29, 1.82) is 0 Å². The number of nitrogens with one attached hydrogen (secondary N) is 1. The molecule has 3 N–H and O–H groups in total. The van der Waals surface area contributed by atoms with E-state index in [0.29, 0.717) is 0 Å². The van der Waals surface area contributed by atoms with E-state index in [0.717, 1.165) is 0 Å². The van der Waals surface area contributed by atoms with Gasteiger partial charge in [-0.05, 0) is 11.6 Å². The number of nitrogens with two attached hydrogens (primary N) is 1. The molecule has 0 amide bonds. The van der Waals surface area contributed by atoms with Crippen molar-refractivity contribution in [3.05, 3.63) is 24.0 Å². The molecule has 0 atom stereocenters. The van der Waals surface area contributed by atoms with Gasteiger partial charge in [0.1, 0.15) is 6.33 Å². The third-order valence-corrected chi connectivity index (χ3v) is 2.94. The Labute approximate surface area is 113 Å². The zero-order valence-corrected chi connectivity index (χ0v) is 11.1. The number of hydrogen-bond acceptors (Lipinski definition) is 7. The zero-order valence-electron chi connectivity index (χ0n) is 9.56. The molecule has 2 heterocycles. The third-order valence-electron chi connectivity index (χ3n) is 2.00. The fourth-order valence-corrected chi connectivity index (χ4v) is 1.76. The van der Waals surface area contributed by atoms with Gasteiger partial charge in [0.25, 0.3) is 0 Å². The minimum atomic E-state index is -3.54. The van der Waals surface area contributed by atoms with E-state index in [1.807, 2.05) is 0 Å². The average Bonchev–Trinajstić information content (AvgIpc) is 2.79. The molecule has 0 unspecified atom stereocenters. The molecular formula is C8H10ClN7O2S. The maximum atomic E-state index is 10.8. The van der Waals surface area contributed by atoms with Crippen LogP contribution in [0.3, 0.4) is 0 Å². The molecule has 19 heavy (non-hydrogen) atoms. The summed E-state index contributed by atoms with van der Waals surface area (Å²) < 4.78 is 23.1. The lowest BCUT2D eigenvalue weighted by Crippen LogP contribution is -2.23. The number of hydrogen-bond donors (Lipinski definition) is 2. The van der Waals surface area contributed by atoms with Crippen LogP contribution < -0.4 is 10.5 Å². The summed E-state index contributed by atoms with van der Waals surface area (Å²) in [6, 6.07) is 0. The van der Waals surface area contributed by atoms with E-state index in [4.69, 9.17) is 16.7 Å². The van der Waals surface area contributed by atoms with Crippen LogP contribution in [-0.4, -0.2) is 45.2 Å². The number of anilines is 1. The van der Waals surface area contributed by atoms with Crippen molar-refractivity contribution in [3.63, 3.8) is 0 Å². The van der Waals surface area contributed by atoms with Crippen molar-refractivity contribution >= 4 is 27.6 Å². The molecule has 2 aromatic heterocycles. The highest BCUT2D eigenvalue weighted by Crippen LogP contribution is 2.09. The third kappa shape index (κ3) is 4.12. The molecule has 2 aromatic rings. The van der Waals surface area contributed by atoms with Crippen LogP contribution in [0.15, 0.2) is 18.7 Å². The van der Waals surface area contributed by atoms with Crippen molar-refractivity contribution in [2.24, 2.45) is 5.14 Å². The maximum Gasteiger partial charge on any atom is 0.241 e. The highest BCUT2D eigenvalue weighted by atomic mass is 35.5. The van der Waals surface area contributed by atoms with Gasteiger partial charge in [0.15, 0.2) is 0 Å². The molecular weight excluding hydrogens is 294 g/mol. The molecule has 0 spiro atoms. The fraction of sp³-hybridized carbons (Fsp3) is 0.250. The van der Waals surface area contributed by atoms with Crippen LogP contribution in [0.25, 0.3) is 5.95 Å². The van der Waals surface area contributed by atoms with Gasteiger partial charge in [0, 0.05) is 18.9 Å². The number of aromatic nitrogens is 5. The second-order valence-corrected chi connectivity index (χ2v) is 5.56. The van der Waals surface area contributed by atoms with Crippen LogP contribution in [0.4, 0.5) is 5.95 Å². The summed E-state index contributed by atoms with van der Waals surface area (Å²) in [5.74, 6) is 0.194. The minimum absolute atomic E-state index is 0.0168. The number of nitrogens with zero attached hydrogens (tertiary/aromatic N) is 5. The van der Waals surface area contributed by atoms with E-state index in [1.165, 1.54) is 6.33 Å². The SMILES string of the molecule is NS(=O)(=O)CCNc1nc(Cl)nc(-n2ccnc2)n1. The van der Waals surface area contributed by atoms with Gasteiger partial charge < -0.3 is 5.32 Å². The number of imidazole rings is 1. The predicted molar refractivity (Wildman–Crippen MR) is 68.4 cm³/mol. The lowest BCUT2D eigenvalue weighted by Gasteiger charge is -2.06. The molecule has 0 saturated carbocycles. The minimum Gasteiger partial charge on any atom is -0.353 e. The van der Waals surface area contributed by atoms with Crippen molar-refractivity contribution in [1.82, 2.24) is 24.5 Å². The first-order chi connectivity index (χ1) is 8.94. The van der Waals surface area contributed by atoms with Crippen LogP contribution in [0.1, 0.15) is 0 Å². The van der Waals surface area contributed by atoms with Gasteiger partial charge >= 0.3 is 0 Å². The molecule has 0 aliphatic rings. The Kier molecular flexibility index (Phi) is 3.93. The van der Waals surface area contributed by atoms with Gasteiger partial charge in [-0.2, -0.15) is 15.0 Å². The molecule has 102 valence electrons. The van der Waals surface area contributed by atoms with Gasteiger partial charge in [-0.3, -0.25) is 4.57 Å². The molecule has 0 aliphatic carbocycles. The van der Waals surface area contributed by atoms with Gasteiger partial charge in [-0.1, -0.05) is 0 Å². The van der Waals surface area contributed by atoms with Gasteiger partial charge in [-0.15, -0.1) is 0 Å². The number of halogens is 1. The molecule has 0 saturated heterocycles. The standard InChI is InChI=1S/C8H10ClN7O2S/c9-6-13-7(12-2-4-19(10,17)18)15-8(14-6)16-3-1-11-5-16/h1,3,5H,2,4H2,(H2,10,17,18)(H,12,13,14,15). The van der Waals surface area contributed by atoms with Crippen LogP contribution >= 0.6 is 11.6 Å². The lowest BCUT2D eigenvalue weighted by atomic mass is 10.7. The van der Waals surface area contributed by atoms with Crippen LogP contribution in [-0.2, 0) is 10.0 Å². The fourth-order valence-electron chi connectivity index (χ4n) is 1.22.